The molecule has 5 nitrogen and oxygen atoms in total. The first kappa shape index (κ1) is 17.1. The van der Waals surface area contributed by atoms with Gasteiger partial charge in [-0.15, -0.1) is 11.3 Å². The van der Waals surface area contributed by atoms with Crippen molar-refractivity contribution in [2.45, 2.75) is 50.0 Å². The molecule has 20 heavy (non-hydrogen) atoms. The molecule has 1 atom stereocenters. The molecule has 0 radical (unpaired) electrons. The Kier molecular flexibility index (Phi) is 4.94. The fraction of sp³-hybridized carbons (Fsp3) is 0.583. The molecule has 0 unspecified atom stereocenters. The van der Waals surface area contributed by atoms with Crippen LogP contribution in [0, 0.1) is 5.82 Å². The zero-order valence-electron chi connectivity index (χ0n) is 11.9. The Hall–Kier alpha value is -0.990. The molecule has 1 heterocycles. The predicted molar refractivity (Wildman–Crippen MR) is 75.3 cm³/mol. The minimum absolute atomic E-state index is 0.230. The molecule has 0 fully saturated rings. The van der Waals surface area contributed by atoms with Gasteiger partial charge < -0.3 is 14.6 Å². The van der Waals surface area contributed by atoms with Gasteiger partial charge in [0.15, 0.2) is 10.0 Å². The highest BCUT2D eigenvalue weighted by Gasteiger charge is 2.26. The van der Waals surface area contributed by atoms with Gasteiger partial charge >= 0.3 is 6.09 Å². The Morgan fingerprint density at radius 2 is 1.95 bits per heavy atom. The average Bonchev–Trinajstić information content (AvgIpc) is 2.56. The van der Waals surface area contributed by atoms with Crippen molar-refractivity contribution in [3.8, 4) is 0 Å². The fourth-order valence-corrected chi connectivity index (χ4v) is 3.09. The van der Waals surface area contributed by atoms with Crippen molar-refractivity contribution in [2.75, 3.05) is 0 Å². The highest BCUT2D eigenvalue weighted by Crippen LogP contribution is 2.32. The Morgan fingerprint density at radius 1 is 1.40 bits per heavy atom. The number of aliphatic hydroxyl groups is 1. The lowest BCUT2D eigenvalue weighted by molar-refractivity contribution is 0.0823. The Balaban J connectivity index is 2.84. The van der Waals surface area contributed by atoms with Crippen LogP contribution < -0.4 is 5.32 Å². The lowest BCUT2D eigenvalue weighted by Gasteiger charge is -2.19. The molecule has 2 N–H and O–H groups in total. The van der Waals surface area contributed by atoms with Crippen molar-refractivity contribution in [2.24, 2.45) is 0 Å². The van der Waals surface area contributed by atoms with Gasteiger partial charge in [0.2, 0.25) is 0 Å². The van der Waals surface area contributed by atoms with Crippen LogP contribution in [0.2, 0.25) is 0 Å². The number of nitrogens with one attached hydrogen (secondary N) is 1. The highest BCUT2D eigenvalue weighted by molar-refractivity contribution is 7.83. The van der Waals surface area contributed by atoms with Gasteiger partial charge in [-0.1, -0.05) is 0 Å². The number of hydrogen-bond acceptors (Lipinski definition) is 5. The van der Waals surface area contributed by atoms with Crippen LogP contribution in [0.15, 0.2) is 10.3 Å². The van der Waals surface area contributed by atoms with Crippen LogP contribution in [-0.2, 0) is 20.9 Å². The summed E-state index contributed by atoms with van der Waals surface area (Å²) in [5, 5.41) is 12.2. The monoisotopic (exact) mass is 323 g/mol. The lowest BCUT2D eigenvalue weighted by atomic mass is 10.1. The molecular formula is C12H18FNO4S2. The van der Waals surface area contributed by atoms with Crippen LogP contribution in [0.25, 0.3) is 0 Å². The topological polar surface area (TPSA) is 75.6 Å². The summed E-state index contributed by atoms with van der Waals surface area (Å²) in [5.41, 5.74) is -1.80. The second-order valence-electron chi connectivity index (χ2n) is 5.79. The van der Waals surface area contributed by atoms with E-state index in [4.69, 9.17) is 0 Å². The quantitative estimate of drug-likeness (QED) is 0.897. The maximum absolute atomic E-state index is 13.7. The van der Waals surface area contributed by atoms with Crippen molar-refractivity contribution in [1.29, 1.82) is 0 Å². The SMILES string of the molecule is CC(C)(C)NC(=O)O[S@](=O)c1sc(C(C)(C)O)cc1F. The third-order valence-electron chi connectivity index (χ3n) is 2.04. The van der Waals surface area contributed by atoms with Crippen LogP contribution in [-0.4, -0.2) is 20.9 Å². The molecule has 0 aliphatic heterocycles. The van der Waals surface area contributed by atoms with E-state index in [2.05, 4.69) is 9.50 Å². The van der Waals surface area contributed by atoms with Crippen LogP contribution in [0.3, 0.4) is 0 Å². The summed E-state index contributed by atoms with van der Waals surface area (Å²) in [7, 11) is 0. The first-order valence-electron chi connectivity index (χ1n) is 5.84. The molecule has 0 saturated carbocycles. The number of amides is 1. The first-order valence-corrected chi connectivity index (χ1v) is 7.74. The fourth-order valence-electron chi connectivity index (χ4n) is 1.20. The number of rotatable bonds is 3. The molecule has 0 saturated heterocycles. The Morgan fingerprint density at radius 3 is 2.35 bits per heavy atom. The Labute approximate surface area is 123 Å². The van der Waals surface area contributed by atoms with Gasteiger partial charge in [0.1, 0.15) is 0 Å². The van der Waals surface area contributed by atoms with E-state index in [0.717, 1.165) is 17.4 Å². The summed E-state index contributed by atoms with van der Waals surface area (Å²) < 4.78 is 29.9. The van der Waals surface area contributed by atoms with E-state index >= 15 is 0 Å². The summed E-state index contributed by atoms with van der Waals surface area (Å²) in [6.07, 6.45) is -0.895. The molecule has 1 aromatic heterocycles. The van der Waals surface area contributed by atoms with Crippen molar-refractivity contribution in [1.82, 2.24) is 5.32 Å². The first-order chi connectivity index (χ1) is 8.90. The summed E-state index contributed by atoms with van der Waals surface area (Å²) >= 11 is -1.45. The van der Waals surface area contributed by atoms with Crippen molar-refractivity contribution in [3.63, 3.8) is 0 Å². The molecule has 1 rings (SSSR count). The van der Waals surface area contributed by atoms with Gasteiger partial charge in [0, 0.05) is 10.4 Å². The Bertz CT molecular complexity index is 529. The molecule has 0 aromatic carbocycles. The van der Waals surface area contributed by atoms with Gasteiger partial charge in [-0.05, 0) is 40.7 Å². The molecule has 1 amide bonds. The van der Waals surface area contributed by atoms with E-state index in [1.807, 2.05) is 0 Å². The molecule has 0 bridgehead atoms. The molecule has 1 aromatic rings. The number of hydrogen-bond donors (Lipinski definition) is 2. The molecule has 0 aliphatic carbocycles. The zero-order valence-corrected chi connectivity index (χ0v) is 13.6. The average molecular weight is 323 g/mol. The molecular weight excluding hydrogens is 305 g/mol. The summed E-state index contributed by atoms with van der Waals surface area (Å²) in [4.78, 5) is 11.8. The van der Waals surface area contributed by atoms with Gasteiger partial charge in [0.25, 0.3) is 11.1 Å². The van der Waals surface area contributed by atoms with Gasteiger partial charge in [-0.3, -0.25) is 0 Å². The standard InChI is InChI=1S/C12H18FNO4S2/c1-11(2,3)14-10(15)18-20(17)9-7(13)6-8(19-9)12(4,5)16/h6,16H,1-5H3,(H,14,15)/t20-/m0/s1. The molecule has 0 spiro atoms. The van der Waals surface area contributed by atoms with Gasteiger partial charge in [-0.25, -0.2) is 13.4 Å². The maximum atomic E-state index is 13.7. The van der Waals surface area contributed by atoms with Gasteiger partial charge in [0.05, 0.1) is 5.60 Å². The van der Waals surface area contributed by atoms with E-state index in [9.17, 15) is 18.5 Å². The molecule has 114 valence electrons. The van der Waals surface area contributed by atoms with E-state index in [0.29, 0.717) is 4.88 Å². The third-order valence-corrected chi connectivity index (χ3v) is 4.71. The summed E-state index contributed by atoms with van der Waals surface area (Å²) in [6, 6.07) is 1.09. The number of thiophene rings is 1. The van der Waals surface area contributed by atoms with E-state index in [1.165, 1.54) is 13.8 Å². The number of carbonyl (C=O) groups is 1. The minimum atomic E-state index is -2.25. The number of halogens is 1. The van der Waals surface area contributed by atoms with Crippen LogP contribution in [0.1, 0.15) is 39.5 Å². The van der Waals surface area contributed by atoms with Crippen molar-refractivity contribution >= 4 is 28.5 Å². The normalized spacial score (nSPS) is 13.9. The van der Waals surface area contributed by atoms with Crippen molar-refractivity contribution < 1.29 is 22.7 Å². The predicted octanol–water partition coefficient (Wildman–Crippen LogP) is 2.66. The molecule has 8 heteroatoms. The van der Waals surface area contributed by atoms with Crippen LogP contribution >= 0.6 is 11.3 Å². The van der Waals surface area contributed by atoms with E-state index in [1.54, 1.807) is 20.8 Å². The highest BCUT2D eigenvalue weighted by atomic mass is 32.2. The summed E-state index contributed by atoms with van der Waals surface area (Å²) in [6.45, 7) is 8.16. The largest absolute Gasteiger partial charge is 0.421 e. The summed E-state index contributed by atoms with van der Waals surface area (Å²) in [5.74, 6) is -0.769. The smallest absolute Gasteiger partial charge is 0.385 e. The van der Waals surface area contributed by atoms with E-state index in [-0.39, 0.29) is 4.21 Å². The van der Waals surface area contributed by atoms with E-state index < -0.39 is 34.1 Å². The molecule has 0 aliphatic rings. The van der Waals surface area contributed by atoms with Crippen LogP contribution in [0.5, 0.6) is 0 Å². The zero-order chi connectivity index (χ0) is 15.7. The second kappa shape index (κ2) is 5.79. The lowest BCUT2D eigenvalue weighted by Crippen LogP contribution is -2.41. The van der Waals surface area contributed by atoms with Gasteiger partial charge in [-0.2, -0.15) is 0 Å². The second-order valence-corrected chi connectivity index (χ2v) is 8.14. The maximum Gasteiger partial charge on any atom is 0.421 e. The minimum Gasteiger partial charge on any atom is -0.385 e. The van der Waals surface area contributed by atoms with Crippen molar-refractivity contribution in [3.05, 3.63) is 16.8 Å². The third kappa shape index (κ3) is 4.84. The van der Waals surface area contributed by atoms with Crippen LogP contribution in [0.4, 0.5) is 9.18 Å². The number of carbonyl (C=O) groups excluding carboxylic acids is 1.